The van der Waals surface area contributed by atoms with Crippen LogP contribution in [0.25, 0.3) is 11.1 Å². The Bertz CT molecular complexity index is 819. The first-order valence-corrected chi connectivity index (χ1v) is 9.44. The summed E-state index contributed by atoms with van der Waals surface area (Å²) in [5.41, 5.74) is 2.08. The Labute approximate surface area is 159 Å². The number of halogens is 1. The third kappa shape index (κ3) is 4.02. The number of carbonyl (C=O) groups is 2. The fourth-order valence-electron chi connectivity index (χ4n) is 3.54. The van der Waals surface area contributed by atoms with E-state index >= 15 is 0 Å². The number of hydrogen-bond donors (Lipinski definition) is 0. The van der Waals surface area contributed by atoms with E-state index in [0.717, 1.165) is 24.0 Å². The van der Waals surface area contributed by atoms with Crippen LogP contribution in [-0.4, -0.2) is 47.8 Å². The van der Waals surface area contributed by atoms with Crippen LogP contribution in [0.1, 0.15) is 36.5 Å². The Morgan fingerprint density at radius 3 is 2.52 bits per heavy atom. The molecule has 0 saturated carbocycles. The van der Waals surface area contributed by atoms with Gasteiger partial charge >= 0.3 is 0 Å². The van der Waals surface area contributed by atoms with E-state index in [1.165, 1.54) is 12.1 Å². The molecule has 1 unspecified atom stereocenters. The van der Waals surface area contributed by atoms with Crippen molar-refractivity contribution in [2.75, 3.05) is 20.1 Å². The molecular weight excluding hydrogens is 343 g/mol. The highest BCUT2D eigenvalue weighted by Crippen LogP contribution is 2.27. The maximum atomic E-state index is 13.4. The first-order valence-electron chi connectivity index (χ1n) is 9.44. The fraction of sp³-hybridized carbons (Fsp3) is 0.364. The highest BCUT2D eigenvalue weighted by molar-refractivity contribution is 6.03. The molecule has 1 saturated heterocycles. The highest BCUT2D eigenvalue weighted by Gasteiger charge is 2.36. The van der Waals surface area contributed by atoms with Crippen LogP contribution in [0.2, 0.25) is 0 Å². The molecule has 1 aliphatic heterocycles. The number of unbranched alkanes of at least 4 members (excludes halogenated alkanes) is 1. The second kappa shape index (κ2) is 8.33. The topological polar surface area (TPSA) is 40.6 Å². The van der Waals surface area contributed by atoms with Crippen LogP contribution in [0, 0.1) is 5.82 Å². The number of rotatable bonds is 5. The van der Waals surface area contributed by atoms with E-state index in [2.05, 4.69) is 6.92 Å². The zero-order valence-corrected chi connectivity index (χ0v) is 15.8. The molecule has 2 amide bonds. The van der Waals surface area contributed by atoms with Crippen LogP contribution in [-0.2, 0) is 4.79 Å². The predicted octanol–water partition coefficient (Wildman–Crippen LogP) is 3.97. The lowest BCUT2D eigenvalue weighted by Crippen LogP contribution is -2.57. The molecule has 2 aromatic rings. The van der Waals surface area contributed by atoms with Gasteiger partial charge in [0.1, 0.15) is 11.9 Å². The summed E-state index contributed by atoms with van der Waals surface area (Å²) in [5, 5.41) is 0. The fourth-order valence-corrected chi connectivity index (χ4v) is 3.54. The van der Waals surface area contributed by atoms with Gasteiger partial charge in [0.25, 0.3) is 5.91 Å². The summed E-state index contributed by atoms with van der Waals surface area (Å²) in [4.78, 5) is 29.4. The summed E-state index contributed by atoms with van der Waals surface area (Å²) >= 11 is 0. The molecule has 0 aliphatic carbocycles. The van der Waals surface area contributed by atoms with Gasteiger partial charge in [0.15, 0.2) is 0 Å². The minimum absolute atomic E-state index is 0.00214. The first kappa shape index (κ1) is 19.1. The van der Waals surface area contributed by atoms with Crippen LogP contribution in [0.4, 0.5) is 4.39 Å². The van der Waals surface area contributed by atoms with Crippen LogP contribution in [0.5, 0.6) is 0 Å². The SMILES string of the molecule is CCCCC1C(=O)N(C)CCN1C(=O)c1ccccc1-c1ccc(F)cc1. The van der Waals surface area contributed by atoms with Gasteiger partial charge in [-0.2, -0.15) is 0 Å². The molecule has 4 nitrogen and oxygen atoms in total. The monoisotopic (exact) mass is 368 g/mol. The molecule has 2 aromatic carbocycles. The number of nitrogens with zero attached hydrogens (tertiary/aromatic N) is 2. The number of carbonyl (C=O) groups excluding carboxylic acids is 2. The molecule has 1 atom stereocenters. The van der Waals surface area contributed by atoms with E-state index < -0.39 is 6.04 Å². The number of piperazine rings is 1. The van der Waals surface area contributed by atoms with E-state index in [4.69, 9.17) is 0 Å². The lowest BCUT2D eigenvalue weighted by Gasteiger charge is -2.39. The van der Waals surface area contributed by atoms with Crippen molar-refractivity contribution in [3.8, 4) is 11.1 Å². The van der Waals surface area contributed by atoms with Gasteiger partial charge in [-0.15, -0.1) is 0 Å². The van der Waals surface area contributed by atoms with Gasteiger partial charge in [-0.3, -0.25) is 9.59 Å². The molecule has 0 spiro atoms. The number of benzene rings is 2. The van der Waals surface area contributed by atoms with Crippen LogP contribution in [0.3, 0.4) is 0 Å². The zero-order valence-electron chi connectivity index (χ0n) is 15.8. The lowest BCUT2D eigenvalue weighted by atomic mass is 9.97. The smallest absolute Gasteiger partial charge is 0.255 e. The van der Waals surface area contributed by atoms with E-state index in [9.17, 15) is 14.0 Å². The molecule has 0 bridgehead atoms. The molecular formula is C22H25FN2O2. The third-order valence-corrected chi connectivity index (χ3v) is 5.12. The van der Waals surface area contributed by atoms with E-state index in [1.54, 1.807) is 35.0 Å². The van der Waals surface area contributed by atoms with Crippen molar-refractivity contribution in [3.63, 3.8) is 0 Å². The van der Waals surface area contributed by atoms with Crippen molar-refractivity contribution in [3.05, 3.63) is 59.9 Å². The molecule has 142 valence electrons. The van der Waals surface area contributed by atoms with Gasteiger partial charge in [-0.05, 0) is 35.7 Å². The molecule has 3 rings (SSSR count). The summed E-state index contributed by atoms with van der Waals surface area (Å²) in [6.45, 7) is 3.13. The van der Waals surface area contributed by atoms with Crippen molar-refractivity contribution in [1.29, 1.82) is 0 Å². The molecule has 0 radical (unpaired) electrons. The summed E-state index contributed by atoms with van der Waals surface area (Å²) in [5.74, 6) is -0.452. The highest BCUT2D eigenvalue weighted by atomic mass is 19.1. The minimum atomic E-state index is -0.419. The van der Waals surface area contributed by atoms with Gasteiger partial charge in [0, 0.05) is 25.7 Å². The average Bonchev–Trinajstić information content (AvgIpc) is 2.69. The number of hydrogen-bond acceptors (Lipinski definition) is 2. The Morgan fingerprint density at radius 1 is 1.11 bits per heavy atom. The largest absolute Gasteiger partial charge is 0.342 e. The molecule has 0 N–H and O–H groups in total. The summed E-state index contributed by atoms with van der Waals surface area (Å²) in [6.07, 6.45) is 2.54. The van der Waals surface area contributed by atoms with Crippen molar-refractivity contribution >= 4 is 11.8 Å². The zero-order chi connectivity index (χ0) is 19.4. The first-order chi connectivity index (χ1) is 13.0. The quantitative estimate of drug-likeness (QED) is 0.801. The van der Waals surface area contributed by atoms with Crippen molar-refractivity contribution in [1.82, 2.24) is 9.80 Å². The molecule has 0 aromatic heterocycles. The van der Waals surface area contributed by atoms with Crippen molar-refractivity contribution < 1.29 is 14.0 Å². The second-order valence-corrected chi connectivity index (χ2v) is 6.97. The van der Waals surface area contributed by atoms with E-state index in [0.29, 0.717) is 25.1 Å². The maximum absolute atomic E-state index is 13.4. The molecule has 27 heavy (non-hydrogen) atoms. The van der Waals surface area contributed by atoms with Gasteiger partial charge in [0.05, 0.1) is 0 Å². The molecule has 1 fully saturated rings. The number of amides is 2. The Balaban J connectivity index is 1.95. The van der Waals surface area contributed by atoms with E-state index in [-0.39, 0.29) is 17.6 Å². The maximum Gasteiger partial charge on any atom is 0.255 e. The molecule has 1 heterocycles. The Morgan fingerprint density at radius 2 is 1.81 bits per heavy atom. The van der Waals surface area contributed by atoms with Crippen molar-refractivity contribution in [2.45, 2.75) is 32.2 Å². The van der Waals surface area contributed by atoms with Crippen LogP contribution in [0.15, 0.2) is 48.5 Å². The van der Waals surface area contributed by atoms with Gasteiger partial charge in [-0.1, -0.05) is 50.1 Å². The lowest BCUT2D eigenvalue weighted by molar-refractivity contribution is -0.138. The van der Waals surface area contributed by atoms with Crippen LogP contribution >= 0.6 is 0 Å². The standard InChI is InChI=1S/C22H25FN2O2/c1-3-4-9-20-22(27)24(2)14-15-25(20)21(26)19-8-6-5-7-18(19)16-10-12-17(23)13-11-16/h5-8,10-13,20H,3-4,9,14-15H2,1-2H3. The predicted molar refractivity (Wildman–Crippen MR) is 104 cm³/mol. The molecule has 1 aliphatic rings. The minimum Gasteiger partial charge on any atom is -0.342 e. The van der Waals surface area contributed by atoms with Crippen molar-refractivity contribution in [2.24, 2.45) is 0 Å². The van der Waals surface area contributed by atoms with Crippen LogP contribution < -0.4 is 0 Å². The summed E-state index contributed by atoms with van der Waals surface area (Å²) in [6, 6.07) is 13.0. The Kier molecular flexibility index (Phi) is 5.89. The summed E-state index contributed by atoms with van der Waals surface area (Å²) in [7, 11) is 1.79. The number of likely N-dealkylation sites (N-methyl/N-ethyl adjacent to an activating group) is 1. The molecule has 5 heteroatoms. The Hall–Kier alpha value is -2.69. The summed E-state index contributed by atoms with van der Waals surface area (Å²) < 4.78 is 13.3. The van der Waals surface area contributed by atoms with Gasteiger partial charge in [-0.25, -0.2) is 4.39 Å². The average molecular weight is 368 g/mol. The third-order valence-electron chi connectivity index (χ3n) is 5.12. The van der Waals surface area contributed by atoms with Gasteiger partial charge < -0.3 is 9.80 Å². The second-order valence-electron chi connectivity index (χ2n) is 6.97. The van der Waals surface area contributed by atoms with E-state index in [1.807, 2.05) is 18.2 Å². The normalized spacial score (nSPS) is 17.3. The van der Waals surface area contributed by atoms with Gasteiger partial charge in [0.2, 0.25) is 5.91 Å².